The molecule has 0 radical (unpaired) electrons. The first kappa shape index (κ1) is 14.7. The Hall–Kier alpha value is -2.39. The van der Waals surface area contributed by atoms with Crippen molar-refractivity contribution in [1.82, 2.24) is 5.32 Å². The van der Waals surface area contributed by atoms with E-state index in [0.29, 0.717) is 24.3 Å². The highest BCUT2D eigenvalue weighted by Gasteiger charge is 2.02. The molecule has 0 bridgehead atoms. The normalized spacial score (nSPS) is 9.63. The Morgan fingerprint density at radius 2 is 1.79 bits per heavy atom. The van der Waals surface area contributed by atoms with Crippen LogP contribution in [0.2, 0.25) is 0 Å². The number of hydrogen-bond donors (Lipinski definition) is 3. The van der Waals surface area contributed by atoms with E-state index in [2.05, 4.69) is 10.6 Å². The number of benzene rings is 1. The number of carbonyl (C=O) groups is 2. The number of hydrogen-bond acceptors (Lipinski definition) is 4. The molecule has 0 fully saturated rings. The number of nitrogens with zero attached hydrogens (tertiary/aromatic N) is 1. The SMILES string of the molecule is N#Cc1ccc(NC(=O)CCNCCC(=O)O)cc1. The molecule has 0 atom stereocenters. The Morgan fingerprint density at radius 3 is 2.37 bits per heavy atom. The molecule has 0 saturated carbocycles. The van der Waals surface area contributed by atoms with Gasteiger partial charge in [-0.05, 0) is 24.3 Å². The average Bonchev–Trinajstić information content (AvgIpc) is 2.39. The maximum Gasteiger partial charge on any atom is 0.304 e. The summed E-state index contributed by atoms with van der Waals surface area (Å²) in [6.07, 6.45) is 0.302. The minimum absolute atomic E-state index is 0.0389. The van der Waals surface area contributed by atoms with E-state index in [4.69, 9.17) is 10.4 Å². The van der Waals surface area contributed by atoms with Crippen molar-refractivity contribution in [2.75, 3.05) is 18.4 Å². The molecule has 0 saturated heterocycles. The average molecular weight is 261 g/mol. The largest absolute Gasteiger partial charge is 0.481 e. The van der Waals surface area contributed by atoms with Gasteiger partial charge in [0.05, 0.1) is 18.1 Å². The summed E-state index contributed by atoms with van der Waals surface area (Å²) in [4.78, 5) is 21.8. The summed E-state index contributed by atoms with van der Waals surface area (Å²) < 4.78 is 0. The van der Waals surface area contributed by atoms with Gasteiger partial charge < -0.3 is 15.7 Å². The minimum Gasteiger partial charge on any atom is -0.481 e. The van der Waals surface area contributed by atoms with Crippen LogP contribution in [0, 0.1) is 11.3 Å². The van der Waals surface area contributed by atoms with Crippen LogP contribution >= 0.6 is 0 Å². The third-order valence-corrected chi connectivity index (χ3v) is 2.34. The van der Waals surface area contributed by atoms with Gasteiger partial charge in [-0.2, -0.15) is 5.26 Å². The summed E-state index contributed by atoms with van der Waals surface area (Å²) in [6, 6.07) is 8.57. The van der Waals surface area contributed by atoms with Gasteiger partial charge in [0.25, 0.3) is 0 Å². The predicted molar refractivity (Wildman–Crippen MR) is 69.5 cm³/mol. The molecule has 6 heteroatoms. The van der Waals surface area contributed by atoms with Crippen molar-refractivity contribution in [3.05, 3.63) is 29.8 Å². The molecule has 0 aromatic heterocycles. The van der Waals surface area contributed by atoms with E-state index in [1.807, 2.05) is 6.07 Å². The Balaban J connectivity index is 2.23. The lowest BCUT2D eigenvalue weighted by molar-refractivity contribution is -0.136. The fourth-order valence-corrected chi connectivity index (χ4v) is 1.37. The zero-order valence-electron chi connectivity index (χ0n) is 10.3. The van der Waals surface area contributed by atoms with Crippen molar-refractivity contribution in [3.8, 4) is 6.07 Å². The Morgan fingerprint density at radius 1 is 1.16 bits per heavy atom. The van der Waals surface area contributed by atoms with Gasteiger partial charge >= 0.3 is 5.97 Å². The van der Waals surface area contributed by atoms with Crippen molar-refractivity contribution >= 4 is 17.6 Å². The Kier molecular flexibility index (Phi) is 6.06. The van der Waals surface area contributed by atoms with E-state index in [9.17, 15) is 9.59 Å². The van der Waals surface area contributed by atoms with Gasteiger partial charge in [0.15, 0.2) is 0 Å². The van der Waals surface area contributed by atoms with Crippen molar-refractivity contribution in [2.24, 2.45) is 0 Å². The third-order valence-electron chi connectivity index (χ3n) is 2.34. The van der Waals surface area contributed by atoms with Crippen LogP contribution < -0.4 is 10.6 Å². The summed E-state index contributed by atoms with van der Waals surface area (Å²) in [5.74, 6) is -1.03. The van der Waals surface area contributed by atoms with Gasteiger partial charge in [-0.15, -0.1) is 0 Å². The van der Waals surface area contributed by atoms with Gasteiger partial charge in [0, 0.05) is 25.2 Å². The van der Waals surface area contributed by atoms with Crippen molar-refractivity contribution < 1.29 is 14.7 Å². The zero-order valence-corrected chi connectivity index (χ0v) is 10.3. The molecule has 0 spiro atoms. The molecule has 0 aliphatic rings. The third kappa shape index (κ3) is 6.19. The van der Waals surface area contributed by atoms with Crippen LogP contribution in [-0.4, -0.2) is 30.1 Å². The van der Waals surface area contributed by atoms with Gasteiger partial charge in [0.2, 0.25) is 5.91 Å². The maximum atomic E-state index is 11.5. The number of rotatable bonds is 7. The monoisotopic (exact) mass is 261 g/mol. The van der Waals surface area contributed by atoms with Gasteiger partial charge in [-0.1, -0.05) is 0 Å². The van der Waals surface area contributed by atoms with Gasteiger partial charge in [-0.25, -0.2) is 0 Å². The maximum absolute atomic E-state index is 11.5. The van der Waals surface area contributed by atoms with Crippen LogP contribution in [0.5, 0.6) is 0 Å². The van der Waals surface area contributed by atoms with E-state index >= 15 is 0 Å². The van der Waals surface area contributed by atoms with Crippen LogP contribution in [0.3, 0.4) is 0 Å². The second-order valence-electron chi connectivity index (χ2n) is 3.88. The summed E-state index contributed by atoms with van der Waals surface area (Å²) in [6.45, 7) is 0.773. The summed E-state index contributed by atoms with van der Waals surface area (Å²) in [5, 5.41) is 22.6. The quantitative estimate of drug-likeness (QED) is 0.634. The van der Waals surface area contributed by atoms with Gasteiger partial charge in [0.1, 0.15) is 0 Å². The molecule has 0 aliphatic heterocycles. The summed E-state index contributed by atoms with van der Waals surface area (Å²) in [7, 11) is 0. The van der Waals surface area contributed by atoms with Gasteiger partial charge in [-0.3, -0.25) is 9.59 Å². The van der Waals surface area contributed by atoms with E-state index in [1.165, 1.54) is 0 Å². The minimum atomic E-state index is -0.866. The highest BCUT2D eigenvalue weighted by Crippen LogP contribution is 2.08. The molecule has 1 aromatic rings. The topological polar surface area (TPSA) is 102 Å². The first-order chi connectivity index (χ1) is 9.11. The standard InChI is InChI=1S/C13H15N3O3/c14-9-10-1-3-11(4-2-10)16-12(17)5-7-15-8-6-13(18)19/h1-4,15H,5-8H2,(H,16,17)(H,18,19). The predicted octanol–water partition coefficient (Wildman–Crippen LogP) is 0.951. The number of carbonyl (C=O) groups excluding carboxylic acids is 1. The molecule has 100 valence electrons. The fourth-order valence-electron chi connectivity index (χ4n) is 1.37. The number of aliphatic carboxylic acids is 1. The van der Waals surface area contributed by atoms with Crippen molar-refractivity contribution in [3.63, 3.8) is 0 Å². The lowest BCUT2D eigenvalue weighted by Gasteiger charge is -2.05. The summed E-state index contributed by atoms with van der Waals surface area (Å²) in [5.41, 5.74) is 1.17. The van der Waals surface area contributed by atoms with Crippen LogP contribution in [0.1, 0.15) is 18.4 Å². The first-order valence-corrected chi connectivity index (χ1v) is 5.84. The molecule has 1 amide bonds. The van der Waals surface area contributed by atoms with Crippen LogP contribution in [-0.2, 0) is 9.59 Å². The van der Waals surface area contributed by atoms with Crippen LogP contribution in [0.25, 0.3) is 0 Å². The van der Waals surface area contributed by atoms with E-state index in [-0.39, 0.29) is 18.7 Å². The molecule has 1 rings (SSSR count). The number of carboxylic acid groups (broad SMARTS) is 1. The molecule has 19 heavy (non-hydrogen) atoms. The molecule has 1 aromatic carbocycles. The fraction of sp³-hybridized carbons (Fsp3) is 0.308. The lowest BCUT2D eigenvalue weighted by atomic mass is 10.2. The second-order valence-corrected chi connectivity index (χ2v) is 3.88. The molecular formula is C13H15N3O3. The molecule has 0 aliphatic carbocycles. The summed E-state index contributed by atoms with van der Waals surface area (Å²) >= 11 is 0. The molecular weight excluding hydrogens is 246 g/mol. The molecule has 0 unspecified atom stereocenters. The van der Waals surface area contributed by atoms with E-state index < -0.39 is 5.97 Å². The Labute approximate surface area is 111 Å². The zero-order chi connectivity index (χ0) is 14.1. The number of carboxylic acids is 1. The van der Waals surface area contributed by atoms with E-state index in [0.717, 1.165) is 0 Å². The number of anilines is 1. The number of nitrogens with one attached hydrogen (secondary N) is 2. The molecule has 3 N–H and O–H groups in total. The van der Waals surface area contributed by atoms with Crippen LogP contribution in [0.4, 0.5) is 5.69 Å². The highest BCUT2D eigenvalue weighted by atomic mass is 16.4. The molecule has 6 nitrogen and oxygen atoms in total. The first-order valence-electron chi connectivity index (χ1n) is 5.84. The Bertz CT molecular complexity index is 477. The smallest absolute Gasteiger partial charge is 0.304 e. The molecule has 0 heterocycles. The highest BCUT2D eigenvalue weighted by molar-refractivity contribution is 5.90. The van der Waals surface area contributed by atoms with E-state index in [1.54, 1.807) is 24.3 Å². The second kappa shape index (κ2) is 7.84. The van der Waals surface area contributed by atoms with Crippen LogP contribution in [0.15, 0.2) is 24.3 Å². The van der Waals surface area contributed by atoms with Crippen molar-refractivity contribution in [1.29, 1.82) is 5.26 Å². The lowest BCUT2D eigenvalue weighted by Crippen LogP contribution is -2.23. The number of nitriles is 1. The number of amides is 1. The van der Waals surface area contributed by atoms with Crippen molar-refractivity contribution in [2.45, 2.75) is 12.8 Å².